The second-order valence-corrected chi connectivity index (χ2v) is 5.33. The number of benzene rings is 1. The van der Waals surface area contributed by atoms with Crippen LogP contribution in [0.4, 0.5) is 4.39 Å². The largest absolute Gasteiger partial charge is 0.345 e. The monoisotopic (exact) mass is 250 g/mol. The fraction of sp³-hybridized carbons (Fsp3) is 0.500. The van der Waals surface area contributed by atoms with E-state index >= 15 is 0 Å². The van der Waals surface area contributed by atoms with Gasteiger partial charge in [0.15, 0.2) is 0 Å². The fourth-order valence-electron chi connectivity index (χ4n) is 2.17. The van der Waals surface area contributed by atoms with Crippen LogP contribution in [0.15, 0.2) is 18.2 Å². The molecule has 0 aromatic heterocycles. The van der Waals surface area contributed by atoms with Crippen molar-refractivity contribution in [1.29, 1.82) is 0 Å². The lowest BCUT2D eigenvalue weighted by atomic mass is 9.95. The van der Waals surface area contributed by atoms with E-state index < -0.39 is 11.4 Å². The summed E-state index contributed by atoms with van der Waals surface area (Å²) in [5.74, 6) is -0.449. The number of aryl methyl sites for hydroxylation is 1. The molecule has 98 valence electrons. The Morgan fingerprint density at radius 2 is 2.22 bits per heavy atom. The predicted octanol–water partition coefficient (Wildman–Crippen LogP) is 1.99. The minimum Gasteiger partial charge on any atom is -0.345 e. The standard InChI is InChI=1S/C14H19FN2O/c1-9-3-6-11(12(15)7-9)13(18)17-14(2,8-16)10-4-5-10/h3,6-7,10H,4-5,8,16H2,1-2H3,(H,17,18). The second kappa shape index (κ2) is 4.69. The first-order chi connectivity index (χ1) is 8.46. The van der Waals surface area contributed by atoms with E-state index in [-0.39, 0.29) is 11.5 Å². The third kappa shape index (κ3) is 2.53. The van der Waals surface area contributed by atoms with Crippen LogP contribution in [0.25, 0.3) is 0 Å². The third-order valence-electron chi connectivity index (χ3n) is 3.67. The molecule has 1 atom stereocenters. The summed E-state index contributed by atoms with van der Waals surface area (Å²) in [5.41, 5.74) is 6.19. The van der Waals surface area contributed by atoms with Gasteiger partial charge in [0.25, 0.3) is 5.91 Å². The molecular weight excluding hydrogens is 231 g/mol. The van der Waals surface area contributed by atoms with Gasteiger partial charge in [-0.2, -0.15) is 0 Å². The lowest BCUT2D eigenvalue weighted by molar-refractivity contribution is 0.0893. The molecule has 3 nitrogen and oxygen atoms in total. The first-order valence-electron chi connectivity index (χ1n) is 6.25. The Bertz CT molecular complexity index is 471. The summed E-state index contributed by atoms with van der Waals surface area (Å²) < 4.78 is 13.7. The summed E-state index contributed by atoms with van der Waals surface area (Å²) in [5, 5.41) is 2.88. The zero-order chi connectivity index (χ0) is 13.3. The van der Waals surface area contributed by atoms with Crippen molar-refractivity contribution in [2.75, 3.05) is 6.54 Å². The van der Waals surface area contributed by atoms with E-state index in [0.717, 1.165) is 18.4 Å². The molecule has 1 aromatic rings. The number of hydrogen-bond donors (Lipinski definition) is 2. The number of rotatable bonds is 4. The number of nitrogens with two attached hydrogens (primary N) is 1. The van der Waals surface area contributed by atoms with Gasteiger partial charge in [-0.3, -0.25) is 4.79 Å². The zero-order valence-electron chi connectivity index (χ0n) is 10.8. The maximum Gasteiger partial charge on any atom is 0.254 e. The normalized spacial score (nSPS) is 18.2. The summed E-state index contributed by atoms with van der Waals surface area (Å²) >= 11 is 0. The SMILES string of the molecule is Cc1ccc(C(=O)NC(C)(CN)C2CC2)c(F)c1. The lowest BCUT2D eigenvalue weighted by Crippen LogP contribution is -2.53. The number of nitrogens with one attached hydrogen (secondary N) is 1. The Balaban J connectivity index is 2.16. The van der Waals surface area contributed by atoms with Crippen LogP contribution in [0, 0.1) is 18.7 Å². The number of amides is 1. The van der Waals surface area contributed by atoms with Gasteiger partial charge in [-0.1, -0.05) is 6.07 Å². The molecule has 1 aromatic carbocycles. The van der Waals surface area contributed by atoms with Gasteiger partial charge < -0.3 is 11.1 Å². The van der Waals surface area contributed by atoms with Crippen LogP contribution in [0.2, 0.25) is 0 Å². The minimum atomic E-state index is -0.484. The Morgan fingerprint density at radius 1 is 1.56 bits per heavy atom. The maximum atomic E-state index is 13.7. The molecule has 0 saturated heterocycles. The van der Waals surface area contributed by atoms with Gasteiger partial charge in [-0.15, -0.1) is 0 Å². The van der Waals surface area contributed by atoms with E-state index in [1.807, 2.05) is 6.92 Å². The van der Waals surface area contributed by atoms with E-state index in [0.29, 0.717) is 12.5 Å². The van der Waals surface area contributed by atoms with E-state index in [4.69, 9.17) is 5.73 Å². The van der Waals surface area contributed by atoms with Crippen LogP contribution in [0.3, 0.4) is 0 Å². The molecule has 0 aliphatic heterocycles. The number of carbonyl (C=O) groups excluding carboxylic acids is 1. The molecule has 1 amide bonds. The van der Waals surface area contributed by atoms with Gasteiger partial charge in [0.2, 0.25) is 0 Å². The fourth-order valence-corrected chi connectivity index (χ4v) is 2.17. The Morgan fingerprint density at radius 3 is 2.72 bits per heavy atom. The number of halogens is 1. The Hall–Kier alpha value is -1.42. The number of carbonyl (C=O) groups is 1. The Kier molecular flexibility index (Phi) is 3.39. The van der Waals surface area contributed by atoms with Crippen LogP contribution < -0.4 is 11.1 Å². The minimum absolute atomic E-state index is 0.0842. The van der Waals surface area contributed by atoms with Crippen molar-refractivity contribution >= 4 is 5.91 Å². The van der Waals surface area contributed by atoms with Crippen LogP contribution >= 0.6 is 0 Å². The molecular formula is C14H19FN2O. The Labute approximate surface area is 107 Å². The predicted molar refractivity (Wildman–Crippen MR) is 68.8 cm³/mol. The molecule has 18 heavy (non-hydrogen) atoms. The molecule has 4 heteroatoms. The first-order valence-corrected chi connectivity index (χ1v) is 6.25. The van der Waals surface area contributed by atoms with Crippen molar-refractivity contribution in [2.24, 2.45) is 11.7 Å². The average Bonchev–Trinajstić information content (AvgIpc) is 3.12. The summed E-state index contributed by atoms with van der Waals surface area (Å²) in [6.07, 6.45) is 2.15. The molecule has 0 heterocycles. The van der Waals surface area contributed by atoms with Crippen molar-refractivity contribution in [2.45, 2.75) is 32.2 Å². The summed E-state index contributed by atoms with van der Waals surface area (Å²) in [6, 6.07) is 4.62. The van der Waals surface area contributed by atoms with Gasteiger partial charge in [-0.05, 0) is 50.3 Å². The molecule has 1 saturated carbocycles. The van der Waals surface area contributed by atoms with Gasteiger partial charge in [-0.25, -0.2) is 4.39 Å². The molecule has 1 fully saturated rings. The second-order valence-electron chi connectivity index (χ2n) is 5.33. The first kappa shape index (κ1) is 13.0. The topological polar surface area (TPSA) is 55.1 Å². The van der Waals surface area contributed by atoms with Crippen LogP contribution in [-0.2, 0) is 0 Å². The molecule has 1 aliphatic rings. The van der Waals surface area contributed by atoms with E-state index in [2.05, 4.69) is 5.32 Å². The van der Waals surface area contributed by atoms with Gasteiger partial charge in [0, 0.05) is 6.54 Å². The highest BCUT2D eigenvalue weighted by Crippen LogP contribution is 2.39. The molecule has 1 aliphatic carbocycles. The van der Waals surface area contributed by atoms with Gasteiger partial charge in [0.05, 0.1) is 11.1 Å². The molecule has 1 unspecified atom stereocenters. The average molecular weight is 250 g/mol. The van der Waals surface area contributed by atoms with E-state index in [9.17, 15) is 9.18 Å². The zero-order valence-corrected chi connectivity index (χ0v) is 10.8. The van der Waals surface area contributed by atoms with Gasteiger partial charge >= 0.3 is 0 Å². The van der Waals surface area contributed by atoms with Crippen LogP contribution in [0.5, 0.6) is 0 Å². The van der Waals surface area contributed by atoms with Gasteiger partial charge in [0.1, 0.15) is 5.82 Å². The number of hydrogen-bond acceptors (Lipinski definition) is 2. The summed E-state index contributed by atoms with van der Waals surface area (Å²) in [6.45, 7) is 4.09. The van der Waals surface area contributed by atoms with Crippen LogP contribution in [0.1, 0.15) is 35.7 Å². The molecule has 3 N–H and O–H groups in total. The van der Waals surface area contributed by atoms with Crippen LogP contribution in [-0.4, -0.2) is 18.0 Å². The van der Waals surface area contributed by atoms with Crippen molar-refractivity contribution in [3.8, 4) is 0 Å². The smallest absolute Gasteiger partial charge is 0.254 e. The highest BCUT2D eigenvalue weighted by atomic mass is 19.1. The van der Waals surface area contributed by atoms with Crippen molar-refractivity contribution in [1.82, 2.24) is 5.32 Å². The molecule has 2 rings (SSSR count). The van der Waals surface area contributed by atoms with Crippen molar-refractivity contribution in [3.63, 3.8) is 0 Å². The van der Waals surface area contributed by atoms with Crippen molar-refractivity contribution in [3.05, 3.63) is 35.1 Å². The van der Waals surface area contributed by atoms with E-state index in [1.54, 1.807) is 13.0 Å². The molecule has 0 spiro atoms. The molecule has 0 bridgehead atoms. The van der Waals surface area contributed by atoms with E-state index in [1.165, 1.54) is 12.1 Å². The quantitative estimate of drug-likeness (QED) is 0.858. The summed E-state index contributed by atoms with van der Waals surface area (Å²) in [7, 11) is 0. The maximum absolute atomic E-state index is 13.7. The molecule has 0 radical (unpaired) electrons. The lowest BCUT2D eigenvalue weighted by Gasteiger charge is -2.29. The summed E-state index contributed by atoms with van der Waals surface area (Å²) in [4.78, 5) is 12.1. The third-order valence-corrected chi connectivity index (χ3v) is 3.67. The highest BCUT2D eigenvalue weighted by Gasteiger charge is 2.41. The van der Waals surface area contributed by atoms with Crippen molar-refractivity contribution < 1.29 is 9.18 Å². The highest BCUT2D eigenvalue weighted by molar-refractivity contribution is 5.95.